The minimum atomic E-state index is -0.474. The summed E-state index contributed by atoms with van der Waals surface area (Å²) in [5, 5.41) is 0. The van der Waals surface area contributed by atoms with Crippen LogP contribution >= 0.6 is 0 Å². The summed E-state index contributed by atoms with van der Waals surface area (Å²) in [6.45, 7) is 7.62. The van der Waals surface area contributed by atoms with Gasteiger partial charge in [-0.25, -0.2) is 9.78 Å². The summed E-state index contributed by atoms with van der Waals surface area (Å²) in [5.74, 6) is 1.44. The van der Waals surface area contributed by atoms with Crippen LogP contribution in [-0.2, 0) is 4.74 Å². The summed E-state index contributed by atoms with van der Waals surface area (Å²) in [6, 6.07) is 12.9. The van der Waals surface area contributed by atoms with Crippen LogP contribution in [0.5, 0.6) is 5.75 Å². The number of carbonyl (C=O) groups is 2. The number of carbonyl (C=O) groups excluding carboxylic acids is 2. The molecule has 33 heavy (non-hydrogen) atoms. The number of aromatic amines is 1. The molecule has 0 atom stereocenters. The molecule has 0 bridgehead atoms. The average molecular weight is 451 g/mol. The van der Waals surface area contributed by atoms with Crippen LogP contribution in [0.15, 0.2) is 42.5 Å². The molecule has 2 heterocycles. The summed E-state index contributed by atoms with van der Waals surface area (Å²) >= 11 is 0. The molecule has 1 fully saturated rings. The van der Waals surface area contributed by atoms with Gasteiger partial charge in [0.2, 0.25) is 5.91 Å². The van der Waals surface area contributed by atoms with Gasteiger partial charge in [-0.3, -0.25) is 4.79 Å². The van der Waals surface area contributed by atoms with Gasteiger partial charge in [-0.1, -0.05) is 0 Å². The maximum atomic E-state index is 12.2. The molecule has 174 valence electrons. The Balaban J connectivity index is 1.30. The van der Waals surface area contributed by atoms with Crippen molar-refractivity contribution in [3.63, 3.8) is 0 Å². The summed E-state index contributed by atoms with van der Waals surface area (Å²) in [4.78, 5) is 33.2. The lowest BCUT2D eigenvalue weighted by Crippen LogP contribution is -2.42. The van der Waals surface area contributed by atoms with E-state index in [2.05, 4.69) is 9.97 Å². The van der Waals surface area contributed by atoms with E-state index in [4.69, 9.17) is 15.2 Å². The number of fused-ring (bicyclic) bond motifs is 1. The molecule has 0 aliphatic carbocycles. The number of H-pyrrole nitrogens is 1. The Kier molecular flexibility index (Phi) is 6.26. The molecule has 1 saturated heterocycles. The lowest BCUT2D eigenvalue weighted by atomic mass is 9.98. The Labute approximate surface area is 193 Å². The molecule has 2 aromatic carbocycles. The number of benzene rings is 2. The quantitative estimate of drug-likeness (QED) is 0.600. The van der Waals surface area contributed by atoms with Crippen molar-refractivity contribution >= 4 is 23.0 Å². The molecule has 3 aromatic rings. The third-order valence-corrected chi connectivity index (χ3v) is 5.65. The topological polar surface area (TPSA) is 111 Å². The Hall–Kier alpha value is -3.55. The van der Waals surface area contributed by atoms with Gasteiger partial charge in [0, 0.05) is 24.2 Å². The van der Waals surface area contributed by atoms with Crippen LogP contribution in [0.1, 0.15) is 44.0 Å². The number of hydrogen-bond donors (Lipinski definition) is 2. The smallest absolute Gasteiger partial charge is 0.410 e. The number of nitrogens with one attached hydrogen (secondary N) is 1. The van der Waals surface area contributed by atoms with Crippen molar-refractivity contribution < 1.29 is 19.1 Å². The van der Waals surface area contributed by atoms with Crippen LogP contribution in [0.3, 0.4) is 0 Å². The van der Waals surface area contributed by atoms with E-state index in [-0.39, 0.29) is 6.09 Å². The number of amides is 2. The van der Waals surface area contributed by atoms with Crippen molar-refractivity contribution in [3.8, 4) is 17.1 Å². The van der Waals surface area contributed by atoms with Crippen LogP contribution in [-0.4, -0.2) is 52.2 Å². The number of imidazole rings is 1. The normalized spacial score (nSPS) is 14.9. The van der Waals surface area contributed by atoms with Crippen molar-refractivity contribution in [1.29, 1.82) is 0 Å². The molecule has 8 heteroatoms. The standard InChI is InChI=1S/C25H30N4O4/c1-25(2,3)33-24(31)29-12-10-16(11-13-29)15-32-19-7-4-17(5-8-19)23-27-20-9-6-18(22(26)30)14-21(20)28-23/h4-9,14,16H,10-13,15H2,1-3H3,(H2,26,30)(H,27,28). The van der Waals surface area contributed by atoms with E-state index >= 15 is 0 Å². The van der Waals surface area contributed by atoms with Gasteiger partial charge in [-0.2, -0.15) is 0 Å². The first-order valence-electron chi connectivity index (χ1n) is 11.2. The maximum absolute atomic E-state index is 12.2. The lowest BCUT2D eigenvalue weighted by Gasteiger charge is -2.33. The Morgan fingerprint density at radius 2 is 1.82 bits per heavy atom. The van der Waals surface area contributed by atoms with Crippen LogP contribution in [0.25, 0.3) is 22.4 Å². The van der Waals surface area contributed by atoms with Gasteiger partial charge in [0.1, 0.15) is 17.2 Å². The average Bonchev–Trinajstić information content (AvgIpc) is 3.20. The number of likely N-dealkylation sites (tertiary alicyclic amines) is 1. The van der Waals surface area contributed by atoms with E-state index in [9.17, 15) is 9.59 Å². The first-order chi connectivity index (χ1) is 15.7. The Morgan fingerprint density at radius 3 is 2.45 bits per heavy atom. The van der Waals surface area contributed by atoms with Gasteiger partial charge in [0.15, 0.2) is 0 Å². The molecule has 1 aromatic heterocycles. The third-order valence-electron chi connectivity index (χ3n) is 5.65. The second kappa shape index (κ2) is 9.13. The number of nitrogens with zero attached hydrogens (tertiary/aromatic N) is 2. The van der Waals surface area contributed by atoms with E-state index in [0.717, 1.165) is 35.2 Å². The highest BCUT2D eigenvalue weighted by molar-refractivity contribution is 5.96. The van der Waals surface area contributed by atoms with Gasteiger partial charge in [0.25, 0.3) is 0 Å². The highest BCUT2D eigenvalue weighted by Crippen LogP contribution is 2.25. The molecule has 0 spiro atoms. The van der Waals surface area contributed by atoms with Crippen LogP contribution in [0.2, 0.25) is 0 Å². The zero-order valence-electron chi connectivity index (χ0n) is 19.3. The molecule has 3 N–H and O–H groups in total. The summed E-state index contributed by atoms with van der Waals surface area (Å²) in [6.07, 6.45) is 1.54. The van der Waals surface area contributed by atoms with E-state index in [1.807, 2.05) is 45.0 Å². The minimum absolute atomic E-state index is 0.242. The second-order valence-corrected chi connectivity index (χ2v) is 9.43. The van der Waals surface area contributed by atoms with Gasteiger partial charge in [0.05, 0.1) is 17.6 Å². The number of nitrogens with two attached hydrogens (primary N) is 1. The van der Waals surface area contributed by atoms with Crippen molar-refractivity contribution in [3.05, 3.63) is 48.0 Å². The van der Waals surface area contributed by atoms with Crippen molar-refractivity contribution in [1.82, 2.24) is 14.9 Å². The molecule has 0 saturated carbocycles. The number of primary amides is 1. The number of rotatable bonds is 5. The molecule has 1 aliphatic rings. The SMILES string of the molecule is CC(C)(C)OC(=O)N1CCC(COc2ccc(-c3nc4ccc(C(N)=O)cc4[nH]3)cc2)CC1. The largest absolute Gasteiger partial charge is 0.493 e. The third kappa shape index (κ3) is 5.63. The molecule has 1 aliphatic heterocycles. The number of piperidine rings is 1. The molecular formula is C25H30N4O4. The first-order valence-corrected chi connectivity index (χ1v) is 11.2. The predicted octanol–water partition coefficient (Wildman–Crippen LogP) is 4.35. The first kappa shape index (κ1) is 22.6. The highest BCUT2D eigenvalue weighted by Gasteiger charge is 2.27. The fourth-order valence-electron chi connectivity index (χ4n) is 3.83. The zero-order chi connectivity index (χ0) is 23.6. The zero-order valence-corrected chi connectivity index (χ0v) is 19.3. The van der Waals surface area contributed by atoms with Crippen molar-refractivity contribution in [2.75, 3.05) is 19.7 Å². The predicted molar refractivity (Wildman–Crippen MR) is 126 cm³/mol. The fraction of sp³-hybridized carbons (Fsp3) is 0.400. The van der Waals surface area contributed by atoms with Crippen molar-refractivity contribution in [2.45, 2.75) is 39.2 Å². The van der Waals surface area contributed by atoms with E-state index in [0.29, 0.717) is 37.0 Å². The minimum Gasteiger partial charge on any atom is -0.493 e. The molecule has 2 amide bonds. The van der Waals surface area contributed by atoms with E-state index in [1.165, 1.54) is 0 Å². The monoisotopic (exact) mass is 450 g/mol. The molecule has 4 rings (SSSR count). The summed E-state index contributed by atoms with van der Waals surface area (Å²) in [7, 11) is 0. The summed E-state index contributed by atoms with van der Waals surface area (Å²) in [5.41, 5.74) is 7.78. The number of ether oxygens (including phenoxy) is 2. The van der Waals surface area contributed by atoms with Crippen LogP contribution in [0.4, 0.5) is 4.79 Å². The van der Waals surface area contributed by atoms with Crippen LogP contribution < -0.4 is 10.5 Å². The van der Waals surface area contributed by atoms with Crippen LogP contribution in [0, 0.1) is 5.92 Å². The second-order valence-electron chi connectivity index (χ2n) is 9.43. The lowest BCUT2D eigenvalue weighted by molar-refractivity contribution is 0.0165. The Morgan fingerprint density at radius 1 is 1.12 bits per heavy atom. The number of aromatic nitrogens is 2. The molecule has 0 radical (unpaired) electrons. The van der Waals surface area contributed by atoms with Gasteiger partial charge >= 0.3 is 6.09 Å². The molecular weight excluding hydrogens is 420 g/mol. The van der Waals surface area contributed by atoms with E-state index < -0.39 is 11.5 Å². The number of hydrogen-bond acceptors (Lipinski definition) is 5. The Bertz CT molecular complexity index is 1140. The maximum Gasteiger partial charge on any atom is 0.410 e. The molecule has 0 unspecified atom stereocenters. The van der Waals surface area contributed by atoms with Crippen molar-refractivity contribution in [2.24, 2.45) is 11.7 Å². The van der Waals surface area contributed by atoms with Gasteiger partial charge in [-0.05, 0) is 82.0 Å². The fourth-order valence-corrected chi connectivity index (χ4v) is 3.83. The molecule has 8 nitrogen and oxygen atoms in total. The van der Waals surface area contributed by atoms with Gasteiger partial charge < -0.3 is 25.1 Å². The highest BCUT2D eigenvalue weighted by atomic mass is 16.6. The van der Waals surface area contributed by atoms with E-state index in [1.54, 1.807) is 23.1 Å². The van der Waals surface area contributed by atoms with Gasteiger partial charge in [-0.15, -0.1) is 0 Å². The summed E-state index contributed by atoms with van der Waals surface area (Å²) < 4.78 is 11.4.